The van der Waals surface area contributed by atoms with E-state index in [2.05, 4.69) is 0 Å². The highest BCUT2D eigenvalue weighted by atomic mass is 16.6. The monoisotopic (exact) mass is 317 g/mol. The fourth-order valence-corrected chi connectivity index (χ4v) is 3.88. The number of morpholine rings is 1. The number of fused-ring (bicyclic) bond motifs is 2. The van der Waals surface area contributed by atoms with Gasteiger partial charge >= 0.3 is 0 Å². The number of nitrogens with zero attached hydrogens (tertiary/aromatic N) is 1. The molecule has 2 aliphatic heterocycles. The summed E-state index contributed by atoms with van der Waals surface area (Å²) in [7, 11) is 0. The number of benzene rings is 1. The van der Waals surface area contributed by atoms with Crippen LogP contribution in [0.15, 0.2) is 18.2 Å². The van der Waals surface area contributed by atoms with Gasteiger partial charge in [0, 0.05) is 6.54 Å². The average molecular weight is 317 g/mol. The van der Waals surface area contributed by atoms with Crippen LogP contribution in [-0.2, 0) is 16.0 Å². The minimum Gasteiger partial charge on any atom is -0.486 e. The van der Waals surface area contributed by atoms with Crippen molar-refractivity contribution in [1.29, 1.82) is 0 Å². The van der Waals surface area contributed by atoms with Crippen LogP contribution in [0.3, 0.4) is 0 Å². The zero-order valence-corrected chi connectivity index (χ0v) is 13.3. The second-order valence-electron chi connectivity index (χ2n) is 6.50. The Labute approximate surface area is 136 Å². The molecule has 23 heavy (non-hydrogen) atoms. The number of ether oxygens (including phenoxy) is 3. The van der Waals surface area contributed by atoms with Crippen molar-refractivity contribution < 1.29 is 19.0 Å². The highest BCUT2D eigenvalue weighted by Crippen LogP contribution is 2.32. The minimum atomic E-state index is 0.196. The van der Waals surface area contributed by atoms with Crippen molar-refractivity contribution in [1.82, 2.24) is 4.90 Å². The standard InChI is InChI=1S/C18H23NO4/c20-18(19-7-8-21-15-4-2-1-3-14(15)19)12-13-5-6-16-17(11-13)23-10-9-22-16/h5-6,11,14-15H,1-4,7-10,12H2/t14-,15-/m0/s1. The lowest BCUT2D eigenvalue weighted by Crippen LogP contribution is -2.55. The summed E-state index contributed by atoms with van der Waals surface area (Å²) in [5.74, 6) is 1.71. The Bertz CT molecular complexity index is 586. The van der Waals surface area contributed by atoms with E-state index < -0.39 is 0 Å². The summed E-state index contributed by atoms with van der Waals surface area (Å²) in [5, 5.41) is 0. The van der Waals surface area contributed by atoms with Gasteiger partial charge in [0.2, 0.25) is 5.91 Å². The molecule has 0 bridgehead atoms. The summed E-state index contributed by atoms with van der Waals surface area (Å²) in [6, 6.07) is 6.07. The molecule has 1 amide bonds. The Balaban J connectivity index is 1.46. The molecule has 3 aliphatic rings. The molecule has 0 aromatic heterocycles. The molecule has 0 spiro atoms. The molecule has 0 radical (unpaired) electrons. The number of carbonyl (C=O) groups excluding carboxylic acids is 1. The van der Waals surface area contributed by atoms with Crippen LogP contribution < -0.4 is 9.47 Å². The second-order valence-corrected chi connectivity index (χ2v) is 6.50. The highest BCUT2D eigenvalue weighted by Gasteiger charge is 2.36. The zero-order valence-electron chi connectivity index (χ0n) is 13.3. The first kappa shape index (κ1) is 14.8. The van der Waals surface area contributed by atoms with Gasteiger partial charge in [0.15, 0.2) is 11.5 Å². The van der Waals surface area contributed by atoms with Crippen molar-refractivity contribution >= 4 is 5.91 Å². The summed E-state index contributed by atoms with van der Waals surface area (Å²) in [5.41, 5.74) is 0.984. The van der Waals surface area contributed by atoms with Gasteiger partial charge in [-0.2, -0.15) is 0 Å². The van der Waals surface area contributed by atoms with Crippen molar-refractivity contribution in [2.75, 3.05) is 26.4 Å². The van der Waals surface area contributed by atoms with Gasteiger partial charge in [0.05, 0.1) is 25.2 Å². The van der Waals surface area contributed by atoms with Gasteiger partial charge in [0.1, 0.15) is 13.2 Å². The van der Waals surface area contributed by atoms with Gasteiger partial charge in [-0.3, -0.25) is 4.79 Å². The van der Waals surface area contributed by atoms with E-state index in [0.717, 1.165) is 29.9 Å². The van der Waals surface area contributed by atoms with Crippen LogP contribution in [0.2, 0.25) is 0 Å². The van der Waals surface area contributed by atoms with Crippen molar-refractivity contribution in [3.8, 4) is 11.5 Å². The lowest BCUT2D eigenvalue weighted by atomic mass is 9.90. The smallest absolute Gasteiger partial charge is 0.227 e. The highest BCUT2D eigenvalue weighted by molar-refractivity contribution is 5.79. The lowest BCUT2D eigenvalue weighted by Gasteiger charge is -2.43. The molecule has 1 saturated heterocycles. The molecular weight excluding hydrogens is 294 g/mol. The SMILES string of the molecule is O=C(Cc1ccc2c(c1)OCCO2)N1CCO[C@H]2CCCC[C@@H]21. The zero-order chi connectivity index (χ0) is 15.6. The maximum Gasteiger partial charge on any atom is 0.227 e. The molecule has 2 heterocycles. The van der Waals surface area contributed by atoms with Crippen LogP contribution >= 0.6 is 0 Å². The molecule has 0 unspecified atom stereocenters. The molecule has 0 N–H and O–H groups in total. The van der Waals surface area contributed by atoms with Crippen LogP contribution in [0, 0.1) is 0 Å². The van der Waals surface area contributed by atoms with Crippen LogP contribution in [0.25, 0.3) is 0 Å². The molecule has 124 valence electrons. The fourth-order valence-electron chi connectivity index (χ4n) is 3.88. The van der Waals surface area contributed by atoms with E-state index >= 15 is 0 Å². The first-order valence-electron chi connectivity index (χ1n) is 8.61. The van der Waals surface area contributed by atoms with Crippen LogP contribution in [0.5, 0.6) is 11.5 Å². The van der Waals surface area contributed by atoms with Crippen molar-refractivity contribution in [2.45, 2.75) is 44.2 Å². The predicted octanol–water partition coefficient (Wildman–Crippen LogP) is 2.17. The van der Waals surface area contributed by atoms with E-state index in [1.54, 1.807) is 0 Å². The normalized spacial score (nSPS) is 26.5. The first-order valence-corrected chi connectivity index (χ1v) is 8.61. The van der Waals surface area contributed by atoms with E-state index in [0.29, 0.717) is 32.8 Å². The molecule has 1 saturated carbocycles. The number of rotatable bonds is 2. The van der Waals surface area contributed by atoms with E-state index in [-0.39, 0.29) is 18.1 Å². The Hall–Kier alpha value is -1.75. The summed E-state index contributed by atoms with van der Waals surface area (Å²) in [6.45, 7) is 2.53. The Morgan fingerprint density at radius 1 is 1.09 bits per heavy atom. The number of carbonyl (C=O) groups is 1. The molecule has 1 aliphatic carbocycles. The number of amides is 1. The second kappa shape index (κ2) is 6.40. The first-order chi connectivity index (χ1) is 11.3. The summed E-state index contributed by atoms with van der Waals surface area (Å²) >= 11 is 0. The molecular formula is C18H23NO4. The minimum absolute atomic E-state index is 0.196. The van der Waals surface area contributed by atoms with Gasteiger partial charge in [0.25, 0.3) is 0 Å². The topological polar surface area (TPSA) is 48.0 Å². The van der Waals surface area contributed by atoms with Gasteiger partial charge in [-0.25, -0.2) is 0 Å². The summed E-state index contributed by atoms with van der Waals surface area (Å²) in [6.07, 6.45) is 5.21. The third kappa shape index (κ3) is 3.02. The largest absolute Gasteiger partial charge is 0.486 e. The molecule has 5 heteroatoms. The average Bonchev–Trinajstić information content (AvgIpc) is 2.61. The molecule has 2 fully saturated rings. The Kier molecular flexibility index (Phi) is 4.12. The lowest BCUT2D eigenvalue weighted by molar-refractivity contribution is -0.148. The van der Waals surface area contributed by atoms with Gasteiger partial charge in [-0.15, -0.1) is 0 Å². The van der Waals surface area contributed by atoms with E-state index in [1.165, 1.54) is 12.8 Å². The number of hydrogen-bond acceptors (Lipinski definition) is 4. The van der Waals surface area contributed by atoms with Crippen LogP contribution in [-0.4, -0.2) is 49.3 Å². The summed E-state index contributed by atoms with van der Waals surface area (Å²) < 4.78 is 17.0. The van der Waals surface area contributed by atoms with E-state index in [9.17, 15) is 4.79 Å². The third-order valence-electron chi connectivity index (χ3n) is 5.01. The van der Waals surface area contributed by atoms with Crippen molar-refractivity contribution in [3.05, 3.63) is 23.8 Å². The maximum atomic E-state index is 12.8. The molecule has 1 aromatic carbocycles. The van der Waals surface area contributed by atoms with Crippen molar-refractivity contribution in [3.63, 3.8) is 0 Å². The molecule has 1 aromatic rings. The van der Waals surface area contributed by atoms with Crippen molar-refractivity contribution in [2.24, 2.45) is 0 Å². The summed E-state index contributed by atoms with van der Waals surface area (Å²) in [4.78, 5) is 14.8. The van der Waals surface area contributed by atoms with Gasteiger partial charge in [-0.1, -0.05) is 18.9 Å². The Morgan fingerprint density at radius 2 is 1.91 bits per heavy atom. The molecule has 4 rings (SSSR count). The number of hydrogen-bond donors (Lipinski definition) is 0. The van der Waals surface area contributed by atoms with Crippen LogP contribution in [0.4, 0.5) is 0 Å². The fraction of sp³-hybridized carbons (Fsp3) is 0.611. The van der Waals surface area contributed by atoms with E-state index in [1.807, 2.05) is 23.1 Å². The quantitative estimate of drug-likeness (QED) is 0.839. The van der Waals surface area contributed by atoms with Gasteiger partial charge < -0.3 is 19.1 Å². The maximum absolute atomic E-state index is 12.8. The van der Waals surface area contributed by atoms with Gasteiger partial charge in [-0.05, 0) is 30.5 Å². The van der Waals surface area contributed by atoms with E-state index in [4.69, 9.17) is 14.2 Å². The Morgan fingerprint density at radius 3 is 2.83 bits per heavy atom. The van der Waals surface area contributed by atoms with Crippen LogP contribution in [0.1, 0.15) is 31.2 Å². The molecule has 2 atom stereocenters. The predicted molar refractivity (Wildman–Crippen MR) is 84.8 cm³/mol. The molecule has 5 nitrogen and oxygen atoms in total. The third-order valence-corrected chi connectivity index (χ3v) is 5.01.